The molecule has 0 aliphatic heterocycles. The first-order valence-electron chi connectivity index (χ1n) is 7.39. The van der Waals surface area contributed by atoms with Crippen LogP contribution in [0.25, 0.3) is 10.2 Å². The van der Waals surface area contributed by atoms with E-state index in [-0.39, 0.29) is 0 Å². The van der Waals surface area contributed by atoms with Gasteiger partial charge in [0.2, 0.25) is 0 Å². The number of hydrogen-bond acceptors (Lipinski definition) is 5. The summed E-state index contributed by atoms with van der Waals surface area (Å²) in [4.78, 5) is 13.8. The van der Waals surface area contributed by atoms with E-state index in [2.05, 4.69) is 34.3 Å². The zero-order valence-electron chi connectivity index (χ0n) is 12.3. The first kappa shape index (κ1) is 13.8. The lowest BCUT2D eigenvalue weighted by Gasteiger charge is -2.13. The topological polar surface area (TPSA) is 41.0 Å². The van der Waals surface area contributed by atoms with E-state index in [1.54, 1.807) is 6.33 Å². The van der Waals surface area contributed by atoms with Crippen molar-refractivity contribution in [1.29, 1.82) is 0 Å². The number of hydrogen-bond donors (Lipinski definition) is 1. The molecule has 0 saturated heterocycles. The Hall–Kier alpha value is -1.20. The number of nitrogens with zero attached hydrogens (tertiary/aromatic N) is 3. The normalized spacial score (nSPS) is 14.8. The maximum absolute atomic E-state index is 4.47. The fourth-order valence-corrected chi connectivity index (χ4v) is 4.06. The summed E-state index contributed by atoms with van der Waals surface area (Å²) in [7, 11) is 4.22. The summed E-state index contributed by atoms with van der Waals surface area (Å²) in [5, 5.41) is 4.80. The maximum Gasteiger partial charge on any atom is 0.138 e. The van der Waals surface area contributed by atoms with Gasteiger partial charge in [-0.1, -0.05) is 0 Å². The van der Waals surface area contributed by atoms with Crippen molar-refractivity contribution in [2.24, 2.45) is 0 Å². The molecule has 2 aromatic heterocycles. The molecule has 4 nitrogen and oxygen atoms in total. The van der Waals surface area contributed by atoms with Crippen LogP contribution in [0.4, 0.5) is 5.82 Å². The monoisotopic (exact) mass is 290 g/mol. The second kappa shape index (κ2) is 6.06. The summed E-state index contributed by atoms with van der Waals surface area (Å²) in [5.74, 6) is 1.04. The summed E-state index contributed by atoms with van der Waals surface area (Å²) in [6.45, 7) is 2.07. The van der Waals surface area contributed by atoms with Gasteiger partial charge in [-0.05, 0) is 58.3 Å². The van der Waals surface area contributed by atoms with Crippen LogP contribution in [0.3, 0.4) is 0 Å². The van der Waals surface area contributed by atoms with Crippen molar-refractivity contribution < 1.29 is 0 Å². The van der Waals surface area contributed by atoms with Gasteiger partial charge in [0, 0.05) is 11.4 Å². The zero-order chi connectivity index (χ0) is 13.9. The van der Waals surface area contributed by atoms with E-state index < -0.39 is 0 Å². The maximum atomic E-state index is 4.47. The fraction of sp³-hybridized carbons (Fsp3) is 0.600. The standard InChI is InChI=1S/C15H22N4S/c1-19(2)9-5-8-16-14-13-11-6-3-4-7-12(11)20-15(13)18-10-17-14/h10H,3-9H2,1-2H3,(H,16,17,18). The van der Waals surface area contributed by atoms with Gasteiger partial charge >= 0.3 is 0 Å². The van der Waals surface area contributed by atoms with E-state index in [0.29, 0.717) is 0 Å². The van der Waals surface area contributed by atoms with Crippen LogP contribution in [0.5, 0.6) is 0 Å². The smallest absolute Gasteiger partial charge is 0.138 e. The van der Waals surface area contributed by atoms with Crippen LogP contribution in [0, 0.1) is 0 Å². The van der Waals surface area contributed by atoms with Crippen molar-refractivity contribution in [3.8, 4) is 0 Å². The number of rotatable bonds is 5. The largest absolute Gasteiger partial charge is 0.369 e. The first-order valence-corrected chi connectivity index (χ1v) is 8.21. The lowest BCUT2D eigenvalue weighted by Crippen LogP contribution is -2.16. The molecule has 0 atom stereocenters. The molecule has 0 radical (unpaired) electrons. The average Bonchev–Trinajstić information content (AvgIpc) is 2.82. The molecule has 2 aromatic rings. The van der Waals surface area contributed by atoms with Gasteiger partial charge in [0.1, 0.15) is 17.0 Å². The molecule has 0 amide bonds. The molecule has 0 unspecified atom stereocenters. The Morgan fingerprint density at radius 2 is 2.10 bits per heavy atom. The number of nitrogens with one attached hydrogen (secondary N) is 1. The van der Waals surface area contributed by atoms with Gasteiger partial charge in [-0.15, -0.1) is 11.3 Å². The van der Waals surface area contributed by atoms with Crippen LogP contribution < -0.4 is 5.32 Å². The molecule has 1 aliphatic rings. The Bertz CT molecular complexity index is 591. The van der Waals surface area contributed by atoms with Crippen LogP contribution in [0.2, 0.25) is 0 Å². The lowest BCUT2D eigenvalue weighted by molar-refractivity contribution is 0.405. The summed E-state index contributed by atoms with van der Waals surface area (Å²) < 4.78 is 0. The number of aromatic nitrogens is 2. The van der Waals surface area contributed by atoms with Gasteiger partial charge in [0.25, 0.3) is 0 Å². The SMILES string of the molecule is CN(C)CCCNc1ncnc2sc3c(c12)CCCC3. The van der Waals surface area contributed by atoms with Crippen molar-refractivity contribution in [3.63, 3.8) is 0 Å². The Morgan fingerprint density at radius 1 is 1.25 bits per heavy atom. The van der Waals surface area contributed by atoms with E-state index in [0.717, 1.165) is 30.2 Å². The third kappa shape index (κ3) is 2.79. The molecule has 0 saturated carbocycles. The van der Waals surface area contributed by atoms with Crippen LogP contribution in [-0.4, -0.2) is 42.1 Å². The van der Waals surface area contributed by atoms with Crippen LogP contribution in [-0.2, 0) is 12.8 Å². The van der Waals surface area contributed by atoms with E-state index in [1.165, 1.54) is 41.5 Å². The Kier molecular flexibility index (Phi) is 4.17. The number of thiophene rings is 1. The molecule has 5 heteroatoms. The summed E-state index contributed by atoms with van der Waals surface area (Å²) in [6, 6.07) is 0. The zero-order valence-corrected chi connectivity index (χ0v) is 13.1. The number of anilines is 1. The highest BCUT2D eigenvalue weighted by molar-refractivity contribution is 7.19. The first-order chi connectivity index (χ1) is 9.75. The lowest BCUT2D eigenvalue weighted by atomic mass is 9.97. The molecule has 1 aliphatic carbocycles. The van der Waals surface area contributed by atoms with Crippen molar-refractivity contribution >= 4 is 27.4 Å². The van der Waals surface area contributed by atoms with Crippen LogP contribution in [0.15, 0.2) is 6.33 Å². The highest BCUT2D eigenvalue weighted by atomic mass is 32.1. The Morgan fingerprint density at radius 3 is 2.95 bits per heavy atom. The second-order valence-corrected chi connectivity index (χ2v) is 6.78. The molecule has 1 N–H and O–H groups in total. The van der Waals surface area contributed by atoms with Crippen molar-refractivity contribution in [3.05, 3.63) is 16.8 Å². The van der Waals surface area contributed by atoms with Crippen LogP contribution in [0.1, 0.15) is 29.7 Å². The van der Waals surface area contributed by atoms with E-state index in [9.17, 15) is 0 Å². The van der Waals surface area contributed by atoms with Crippen molar-refractivity contribution in [1.82, 2.24) is 14.9 Å². The molecular formula is C15H22N4S. The van der Waals surface area contributed by atoms with Gasteiger partial charge < -0.3 is 10.2 Å². The molecule has 2 heterocycles. The molecule has 0 bridgehead atoms. The van der Waals surface area contributed by atoms with Gasteiger partial charge in [0.15, 0.2) is 0 Å². The van der Waals surface area contributed by atoms with Crippen molar-refractivity contribution in [2.45, 2.75) is 32.1 Å². The summed E-state index contributed by atoms with van der Waals surface area (Å²) in [5.41, 5.74) is 1.51. The molecule has 0 spiro atoms. The highest BCUT2D eigenvalue weighted by Crippen LogP contribution is 2.37. The van der Waals surface area contributed by atoms with Gasteiger partial charge in [-0.25, -0.2) is 9.97 Å². The quantitative estimate of drug-likeness (QED) is 0.860. The average molecular weight is 290 g/mol. The number of aryl methyl sites for hydroxylation is 2. The van der Waals surface area contributed by atoms with Gasteiger partial charge in [-0.2, -0.15) is 0 Å². The van der Waals surface area contributed by atoms with E-state index in [1.807, 2.05) is 11.3 Å². The van der Waals surface area contributed by atoms with Crippen LogP contribution >= 0.6 is 11.3 Å². The molecule has 0 aromatic carbocycles. The minimum atomic E-state index is 0.967. The van der Waals surface area contributed by atoms with E-state index >= 15 is 0 Å². The molecule has 108 valence electrons. The minimum Gasteiger partial charge on any atom is -0.369 e. The van der Waals surface area contributed by atoms with Gasteiger partial charge in [0.05, 0.1) is 5.39 Å². The van der Waals surface area contributed by atoms with E-state index in [4.69, 9.17) is 0 Å². The third-order valence-electron chi connectivity index (χ3n) is 3.83. The number of fused-ring (bicyclic) bond motifs is 3. The fourth-order valence-electron chi connectivity index (χ4n) is 2.83. The summed E-state index contributed by atoms with van der Waals surface area (Å²) in [6.07, 6.45) is 7.85. The van der Waals surface area contributed by atoms with Gasteiger partial charge in [-0.3, -0.25) is 0 Å². The Labute approximate surface area is 124 Å². The molecule has 20 heavy (non-hydrogen) atoms. The van der Waals surface area contributed by atoms with Crippen molar-refractivity contribution in [2.75, 3.05) is 32.5 Å². The molecule has 3 rings (SSSR count). The predicted octanol–water partition coefficient (Wildman–Crippen LogP) is 2.93. The highest BCUT2D eigenvalue weighted by Gasteiger charge is 2.19. The molecular weight excluding hydrogens is 268 g/mol. The minimum absolute atomic E-state index is 0.967. The third-order valence-corrected chi connectivity index (χ3v) is 5.03. The predicted molar refractivity (Wildman–Crippen MR) is 85.7 cm³/mol. The molecule has 0 fully saturated rings. The Balaban J connectivity index is 1.81. The summed E-state index contributed by atoms with van der Waals surface area (Å²) >= 11 is 1.86. The second-order valence-electron chi connectivity index (χ2n) is 5.70.